The van der Waals surface area contributed by atoms with E-state index in [2.05, 4.69) is 16.1 Å². The molecule has 1 aromatic rings. The van der Waals surface area contributed by atoms with Crippen molar-refractivity contribution in [2.45, 2.75) is 19.4 Å². The van der Waals surface area contributed by atoms with E-state index < -0.39 is 5.54 Å². The number of hydrogen-bond donors (Lipinski definition) is 1. The Balaban J connectivity index is 2.97. The smallest absolute Gasteiger partial charge is 0.330 e. The van der Waals surface area contributed by atoms with Gasteiger partial charge in [-0.2, -0.15) is 5.26 Å². The molecule has 0 amide bonds. The Morgan fingerprint density at radius 1 is 1.44 bits per heavy atom. The van der Waals surface area contributed by atoms with Gasteiger partial charge in [0.25, 0.3) is 0 Å². The number of hydrogen-bond acceptors (Lipinski definition) is 4. The third kappa shape index (κ3) is 2.51. The minimum absolute atomic E-state index is 0.375. The van der Waals surface area contributed by atoms with Gasteiger partial charge in [0.2, 0.25) is 0 Å². The highest BCUT2D eigenvalue weighted by Gasteiger charge is 2.28. The Morgan fingerprint density at radius 2 is 2.06 bits per heavy atom. The topological polar surface area (TPSA) is 62.1 Å². The van der Waals surface area contributed by atoms with Crippen LogP contribution in [0.2, 0.25) is 0 Å². The van der Waals surface area contributed by atoms with E-state index in [-0.39, 0.29) is 5.97 Å². The molecular formula is C12H14N2O2. The summed E-state index contributed by atoms with van der Waals surface area (Å²) in [5.74, 6) is -0.375. The maximum absolute atomic E-state index is 11.5. The largest absolute Gasteiger partial charge is 0.467 e. The second-order valence-electron chi connectivity index (χ2n) is 3.90. The molecule has 16 heavy (non-hydrogen) atoms. The molecule has 0 aromatic heterocycles. The summed E-state index contributed by atoms with van der Waals surface area (Å²) in [5, 5.41) is 11.9. The van der Waals surface area contributed by atoms with Crippen molar-refractivity contribution >= 4 is 11.7 Å². The van der Waals surface area contributed by atoms with Crippen LogP contribution in [-0.4, -0.2) is 18.6 Å². The van der Waals surface area contributed by atoms with Crippen LogP contribution in [-0.2, 0) is 9.53 Å². The molecule has 0 aliphatic heterocycles. The van der Waals surface area contributed by atoms with Gasteiger partial charge in [0.1, 0.15) is 11.6 Å². The van der Waals surface area contributed by atoms with Gasteiger partial charge in [0.05, 0.1) is 18.4 Å². The molecular weight excluding hydrogens is 204 g/mol. The van der Waals surface area contributed by atoms with Gasteiger partial charge in [-0.1, -0.05) is 12.1 Å². The number of methoxy groups -OCH3 is 1. The lowest BCUT2D eigenvalue weighted by Crippen LogP contribution is -2.41. The highest BCUT2D eigenvalue weighted by atomic mass is 16.5. The van der Waals surface area contributed by atoms with E-state index in [4.69, 9.17) is 5.26 Å². The summed E-state index contributed by atoms with van der Waals surface area (Å²) in [6.45, 7) is 3.40. The van der Waals surface area contributed by atoms with Gasteiger partial charge in [0, 0.05) is 0 Å². The number of para-hydroxylation sites is 1. The number of carbonyl (C=O) groups is 1. The van der Waals surface area contributed by atoms with Crippen LogP contribution in [0.1, 0.15) is 19.4 Å². The Morgan fingerprint density at radius 3 is 2.62 bits per heavy atom. The lowest BCUT2D eigenvalue weighted by Gasteiger charge is -2.24. The maximum atomic E-state index is 11.5. The van der Waals surface area contributed by atoms with Crippen LogP contribution in [0, 0.1) is 11.3 Å². The van der Waals surface area contributed by atoms with Crippen LogP contribution < -0.4 is 5.32 Å². The van der Waals surface area contributed by atoms with E-state index in [0.717, 1.165) is 0 Å². The highest BCUT2D eigenvalue weighted by Crippen LogP contribution is 2.19. The summed E-state index contributed by atoms with van der Waals surface area (Å²) in [6.07, 6.45) is 0. The van der Waals surface area contributed by atoms with Crippen molar-refractivity contribution in [2.24, 2.45) is 0 Å². The predicted molar refractivity (Wildman–Crippen MR) is 60.9 cm³/mol. The normalized spacial score (nSPS) is 10.4. The van der Waals surface area contributed by atoms with Crippen LogP contribution in [0.4, 0.5) is 5.69 Å². The van der Waals surface area contributed by atoms with Gasteiger partial charge in [-0.25, -0.2) is 4.79 Å². The fraction of sp³-hybridized carbons (Fsp3) is 0.333. The van der Waals surface area contributed by atoms with Gasteiger partial charge < -0.3 is 10.1 Å². The van der Waals surface area contributed by atoms with Crippen LogP contribution >= 0.6 is 0 Å². The number of ether oxygens (including phenoxy) is 1. The average Bonchev–Trinajstić information content (AvgIpc) is 2.28. The molecule has 0 saturated heterocycles. The quantitative estimate of drug-likeness (QED) is 0.787. The van der Waals surface area contributed by atoms with Crippen LogP contribution in [0.15, 0.2) is 24.3 Å². The van der Waals surface area contributed by atoms with E-state index in [1.165, 1.54) is 7.11 Å². The first-order valence-corrected chi connectivity index (χ1v) is 4.87. The van der Waals surface area contributed by atoms with Crippen molar-refractivity contribution in [1.29, 1.82) is 5.26 Å². The molecule has 1 aromatic carbocycles. The molecule has 0 heterocycles. The molecule has 0 radical (unpaired) electrons. The SMILES string of the molecule is COC(=O)C(C)(C)Nc1ccccc1C#N. The number of carbonyl (C=O) groups excluding carboxylic acids is 1. The zero-order valence-electron chi connectivity index (χ0n) is 9.57. The van der Waals surface area contributed by atoms with Crippen molar-refractivity contribution in [3.05, 3.63) is 29.8 Å². The Bertz CT molecular complexity index is 433. The van der Waals surface area contributed by atoms with Gasteiger partial charge >= 0.3 is 5.97 Å². The summed E-state index contributed by atoms with van der Waals surface area (Å²) in [6, 6.07) is 9.08. The summed E-state index contributed by atoms with van der Waals surface area (Å²) < 4.78 is 4.68. The molecule has 0 atom stereocenters. The lowest BCUT2D eigenvalue weighted by molar-refractivity contribution is -0.144. The first-order valence-electron chi connectivity index (χ1n) is 4.87. The van der Waals surface area contributed by atoms with Gasteiger partial charge in [-0.15, -0.1) is 0 Å². The first-order chi connectivity index (χ1) is 7.51. The summed E-state index contributed by atoms with van der Waals surface area (Å²) in [5.41, 5.74) is 0.265. The predicted octanol–water partition coefficient (Wildman–Crippen LogP) is 1.92. The van der Waals surface area contributed by atoms with Crippen LogP contribution in [0.3, 0.4) is 0 Å². The minimum atomic E-state index is -0.859. The summed E-state index contributed by atoms with van der Waals surface area (Å²) in [4.78, 5) is 11.5. The number of nitriles is 1. The monoisotopic (exact) mass is 218 g/mol. The molecule has 1 rings (SSSR count). The van der Waals surface area contributed by atoms with Crippen molar-refractivity contribution in [2.75, 3.05) is 12.4 Å². The zero-order valence-corrected chi connectivity index (χ0v) is 9.57. The third-order valence-electron chi connectivity index (χ3n) is 2.19. The number of nitrogens with zero attached hydrogens (tertiary/aromatic N) is 1. The third-order valence-corrected chi connectivity index (χ3v) is 2.19. The minimum Gasteiger partial charge on any atom is -0.467 e. The summed E-state index contributed by atoms with van der Waals surface area (Å²) >= 11 is 0. The van der Waals surface area contributed by atoms with Crippen molar-refractivity contribution in [3.8, 4) is 6.07 Å². The standard InChI is InChI=1S/C12H14N2O2/c1-12(2,11(15)16-3)14-10-7-5-4-6-9(10)8-13/h4-7,14H,1-3H3. The molecule has 0 fully saturated rings. The fourth-order valence-corrected chi connectivity index (χ4v) is 1.33. The van der Waals surface area contributed by atoms with E-state index in [1.54, 1.807) is 38.1 Å². The number of anilines is 1. The Hall–Kier alpha value is -2.02. The molecule has 1 N–H and O–H groups in total. The van der Waals surface area contributed by atoms with Crippen molar-refractivity contribution in [3.63, 3.8) is 0 Å². The van der Waals surface area contributed by atoms with E-state index in [9.17, 15) is 4.79 Å². The fourth-order valence-electron chi connectivity index (χ4n) is 1.33. The van der Waals surface area contributed by atoms with E-state index in [1.807, 2.05) is 0 Å². The lowest BCUT2D eigenvalue weighted by atomic mass is 10.0. The average molecular weight is 218 g/mol. The maximum Gasteiger partial charge on any atom is 0.330 e. The highest BCUT2D eigenvalue weighted by molar-refractivity contribution is 5.84. The van der Waals surface area contributed by atoms with Gasteiger partial charge in [-0.05, 0) is 26.0 Å². The molecule has 0 aliphatic rings. The first kappa shape index (κ1) is 12.1. The molecule has 84 valence electrons. The Kier molecular flexibility index (Phi) is 3.51. The zero-order chi connectivity index (χ0) is 12.2. The second-order valence-corrected chi connectivity index (χ2v) is 3.90. The molecule has 0 saturated carbocycles. The summed E-state index contributed by atoms with van der Waals surface area (Å²) in [7, 11) is 1.34. The molecule has 4 nitrogen and oxygen atoms in total. The molecule has 0 spiro atoms. The Labute approximate surface area is 94.8 Å². The molecule has 0 aliphatic carbocycles. The van der Waals surface area contributed by atoms with Gasteiger partial charge in [-0.3, -0.25) is 0 Å². The molecule has 4 heteroatoms. The number of benzene rings is 1. The second kappa shape index (κ2) is 4.67. The van der Waals surface area contributed by atoms with Crippen molar-refractivity contribution < 1.29 is 9.53 Å². The number of nitrogens with one attached hydrogen (secondary N) is 1. The number of rotatable bonds is 3. The van der Waals surface area contributed by atoms with Crippen LogP contribution in [0.5, 0.6) is 0 Å². The van der Waals surface area contributed by atoms with Gasteiger partial charge in [0.15, 0.2) is 0 Å². The number of esters is 1. The van der Waals surface area contributed by atoms with E-state index in [0.29, 0.717) is 11.3 Å². The molecule has 0 bridgehead atoms. The van der Waals surface area contributed by atoms with Crippen molar-refractivity contribution in [1.82, 2.24) is 0 Å². The van der Waals surface area contributed by atoms with E-state index >= 15 is 0 Å². The van der Waals surface area contributed by atoms with Crippen LogP contribution in [0.25, 0.3) is 0 Å². The molecule has 0 unspecified atom stereocenters.